The van der Waals surface area contributed by atoms with E-state index in [1.807, 2.05) is 0 Å². The molecule has 1 amide bonds. The number of rotatable bonds is 6. The second kappa shape index (κ2) is 9.91. The highest BCUT2D eigenvalue weighted by Gasteiger charge is 2.48. The number of anilines is 3. The van der Waals surface area contributed by atoms with Crippen molar-refractivity contribution in [3.05, 3.63) is 64.9 Å². The first-order valence-corrected chi connectivity index (χ1v) is 12.5. The van der Waals surface area contributed by atoms with Crippen molar-refractivity contribution in [1.82, 2.24) is 29.4 Å². The summed E-state index contributed by atoms with van der Waals surface area (Å²) >= 11 is 0. The maximum Gasteiger partial charge on any atom is 0.416 e. The lowest BCUT2D eigenvalue weighted by atomic mass is 9.88. The van der Waals surface area contributed by atoms with Crippen LogP contribution in [0.4, 0.5) is 30.6 Å². The first kappa shape index (κ1) is 28.1. The first-order chi connectivity index (χ1) is 19.8. The van der Waals surface area contributed by atoms with Crippen molar-refractivity contribution < 1.29 is 22.7 Å². The van der Waals surface area contributed by atoms with E-state index in [4.69, 9.17) is 10.5 Å². The van der Waals surface area contributed by atoms with E-state index in [1.165, 1.54) is 47.4 Å². The van der Waals surface area contributed by atoms with Crippen LogP contribution >= 0.6 is 0 Å². The Labute approximate surface area is 237 Å². The number of nitrogens with two attached hydrogens (primary N) is 1. The lowest BCUT2D eigenvalue weighted by Crippen LogP contribution is -2.36. The number of carbonyl (C=O) groups excluding carboxylic acids is 1. The normalized spacial score (nSPS) is 14.6. The highest BCUT2D eigenvalue weighted by molar-refractivity contribution is 6.01. The minimum atomic E-state index is -4.72. The predicted molar refractivity (Wildman–Crippen MR) is 147 cm³/mol. The molecule has 1 aliphatic heterocycles. The van der Waals surface area contributed by atoms with Gasteiger partial charge in [-0.05, 0) is 26.0 Å². The minimum absolute atomic E-state index is 0.00971. The summed E-state index contributed by atoms with van der Waals surface area (Å²) in [7, 11) is 4.67. The van der Waals surface area contributed by atoms with E-state index in [9.17, 15) is 23.2 Å². The molecule has 15 heteroatoms. The molecule has 42 heavy (non-hydrogen) atoms. The Bertz CT molecular complexity index is 1820. The van der Waals surface area contributed by atoms with Gasteiger partial charge in [-0.25, -0.2) is 15.0 Å². The third-order valence-electron chi connectivity index (χ3n) is 7.20. The van der Waals surface area contributed by atoms with Crippen LogP contribution in [0.3, 0.4) is 0 Å². The first-order valence-electron chi connectivity index (χ1n) is 12.5. The molecule has 216 valence electrons. The third kappa shape index (κ3) is 4.37. The van der Waals surface area contributed by atoms with Crippen molar-refractivity contribution in [2.45, 2.75) is 25.6 Å². The summed E-state index contributed by atoms with van der Waals surface area (Å²) in [5.41, 5.74) is 4.25. The van der Waals surface area contributed by atoms with Crippen LogP contribution in [-0.4, -0.2) is 49.4 Å². The lowest BCUT2D eigenvalue weighted by molar-refractivity contribution is -0.139. The van der Waals surface area contributed by atoms with Gasteiger partial charge >= 0.3 is 6.18 Å². The Hall–Kier alpha value is -5.39. The Morgan fingerprint density at radius 1 is 1.19 bits per heavy atom. The van der Waals surface area contributed by atoms with Gasteiger partial charge in [0, 0.05) is 56.6 Å². The van der Waals surface area contributed by atoms with Gasteiger partial charge in [0.1, 0.15) is 22.8 Å². The van der Waals surface area contributed by atoms with E-state index in [0.29, 0.717) is 11.5 Å². The van der Waals surface area contributed by atoms with Gasteiger partial charge in [0.05, 0.1) is 17.3 Å². The molecule has 0 aliphatic carbocycles. The van der Waals surface area contributed by atoms with Crippen molar-refractivity contribution in [3.63, 3.8) is 0 Å². The second-order valence-electron chi connectivity index (χ2n) is 9.90. The van der Waals surface area contributed by atoms with E-state index in [2.05, 4.69) is 36.6 Å². The van der Waals surface area contributed by atoms with Gasteiger partial charge in [0.2, 0.25) is 5.95 Å². The molecule has 3 aromatic heterocycles. The van der Waals surface area contributed by atoms with Crippen LogP contribution in [0.25, 0.3) is 16.9 Å². The van der Waals surface area contributed by atoms with E-state index >= 15 is 0 Å². The number of halogens is 3. The largest absolute Gasteiger partial charge is 0.450 e. The lowest BCUT2D eigenvalue weighted by Gasteiger charge is -2.30. The van der Waals surface area contributed by atoms with Gasteiger partial charge in [-0.15, -0.1) is 0 Å². The molecule has 0 saturated heterocycles. The molecule has 5 rings (SSSR count). The van der Waals surface area contributed by atoms with Gasteiger partial charge in [0.15, 0.2) is 23.0 Å². The van der Waals surface area contributed by atoms with Crippen LogP contribution in [0.15, 0.2) is 36.9 Å². The number of amides is 1. The van der Waals surface area contributed by atoms with Crippen molar-refractivity contribution in [3.8, 4) is 11.8 Å². The zero-order valence-corrected chi connectivity index (χ0v) is 23.1. The number of nitrogens with zero attached hydrogens (tertiary/aromatic N) is 7. The number of hydrogen-bond donors (Lipinski definition) is 3. The number of carbonyl (C=O) groups is 1. The summed E-state index contributed by atoms with van der Waals surface area (Å²) in [6, 6.07) is 4.38. The molecule has 0 fully saturated rings. The Balaban J connectivity index is 1.58. The molecule has 0 radical (unpaired) electrons. The smallest absolute Gasteiger partial charge is 0.416 e. The number of hydrogen-bond acceptors (Lipinski definition) is 10. The van der Waals surface area contributed by atoms with Crippen molar-refractivity contribution in [1.29, 1.82) is 5.26 Å². The number of aromatic nitrogens is 5. The highest BCUT2D eigenvalue weighted by Crippen LogP contribution is 2.46. The van der Waals surface area contributed by atoms with E-state index in [1.54, 1.807) is 27.9 Å². The standard InChI is InChI=1S/C27H25F3N10O2/c1-26(2)19-14(24(41)40(26)5)8-13(9-16(19)27(28,29)30)37-25-38-23-21(39(25)4)15(10-31)18(12-36-23)42-17(11-32)20-22(33-3)35-7-6-34-20/h6-9,11-12H,32H2,1-5H3,(H,33,35)(H,36,37,38). The number of aryl methyl sites for hydroxylation is 1. The molecule has 4 N–H and O–H groups in total. The topological polar surface area (TPSA) is 160 Å². The summed E-state index contributed by atoms with van der Waals surface area (Å²) in [6.45, 7) is 3.13. The molecule has 0 spiro atoms. The van der Waals surface area contributed by atoms with E-state index in [0.717, 1.165) is 6.07 Å². The van der Waals surface area contributed by atoms with E-state index in [-0.39, 0.29) is 51.0 Å². The van der Waals surface area contributed by atoms with Crippen LogP contribution < -0.4 is 21.1 Å². The number of nitriles is 1. The Morgan fingerprint density at radius 3 is 2.55 bits per heavy atom. The summed E-state index contributed by atoms with van der Waals surface area (Å²) in [5.74, 6) is 0.0723. The average Bonchev–Trinajstić information content (AvgIpc) is 3.36. The fourth-order valence-electron chi connectivity index (χ4n) is 4.93. The van der Waals surface area contributed by atoms with Crippen LogP contribution in [-0.2, 0) is 18.8 Å². The van der Waals surface area contributed by atoms with Crippen molar-refractivity contribution in [2.75, 3.05) is 24.7 Å². The maximum atomic E-state index is 14.2. The molecule has 0 bridgehead atoms. The van der Waals surface area contributed by atoms with E-state index < -0.39 is 23.2 Å². The molecular weight excluding hydrogens is 553 g/mol. The quantitative estimate of drug-likeness (QED) is 0.284. The van der Waals surface area contributed by atoms with Crippen molar-refractivity contribution >= 4 is 40.3 Å². The molecular formula is C27H25F3N10O2. The minimum Gasteiger partial charge on any atom is -0.450 e. The molecule has 0 saturated carbocycles. The summed E-state index contributed by atoms with van der Waals surface area (Å²) in [4.78, 5) is 31.2. The second-order valence-corrected chi connectivity index (χ2v) is 9.90. The van der Waals surface area contributed by atoms with Crippen LogP contribution in [0.2, 0.25) is 0 Å². The van der Waals surface area contributed by atoms with Gasteiger partial charge in [0.25, 0.3) is 5.91 Å². The van der Waals surface area contributed by atoms with Gasteiger partial charge < -0.3 is 30.6 Å². The molecule has 0 unspecified atom stereocenters. The Kier molecular flexibility index (Phi) is 6.64. The number of pyridine rings is 1. The molecule has 12 nitrogen and oxygen atoms in total. The summed E-state index contributed by atoms with van der Waals surface area (Å²) in [5, 5.41) is 15.8. The van der Waals surface area contributed by atoms with Gasteiger partial charge in [-0.3, -0.25) is 4.79 Å². The predicted octanol–water partition coefficient (Wildman–Crippen LogP) is 4.09. The number of fused-ring (bicyclic) bond motifs is 2. The molecule has 4 heterocycles. The zero-order chi connectivity index (χ0) is 30.6. The molecule has 1 aliphatic rings. The Morgan fingerprint density at radius 2 is 1.90 bits per heavy atom. The fraction of sp³-hybridized carbons (Fsp3) is 0.259. The zero-order valence-electron chi connectivity index (χ0n) is 23.1. The third-order valence-corrected chi connectivity index (χ3v) is 7.20. The number of ether oxygens (including phenoxy) is 1. The number of benzene rings is 1. The highest BCUT2D eigenvalue weighted by atomic mass is 19.4. The fourth-order valence-corrected chi connectivity index (χ4v) is 4.93. The number of nitrogens with one attached hydrogen (secondary N) is 2. The van der Waals surface area contributed by atoms with Crippen LogP contribution in [0.1, 0.15) is 46.6 Å². The molecule has 4 aromatic rings. The number of alkyl halides is 3. The number of imidazole rings is 1. The SMILES string of the molecule is CNc1nccnc1C(=CN)Oc1cnc2nc(Nc3cc4c(c(C(F)(F)F)c3)C(C)(C)N(C)C4=O)n(C)c2c1C#N. The maximum absolute atomic E-state index is 14.2. The molecule has 1 aromatic carbocycles. The van der Waals surface area contributed by atoms with Crippen LogP contribution in [0.5, 0.6) is 5.75 Å². The summed E-state index contributed by atoms with van der Waals surface area (Å²) < 4.78 is 50.0. The summed E-state index contributed by atoms with van der Waals surface area (Å²) in [6.07, 6.45) is 0.659. The molecule has 0 atom stereocenters. The van der Waals surface area contributed by atoms with Gasteiger partial charge in [-0.1, -0.05) is 0 Å². The van der Waals surface area contributed by atoms with Crippen LogP contribution in [0, 0.1) is 11.3 Å². The van der Waals surface area contributed by atoms with Gasteiger partial charge in [-0.2, -0.15) is 23.4 Å². The monoisotopic (exact) mass is 578 g/mol. The average molecular weight is 579 g/mol. The van der Waals surface area contributed by atoms with Crippen molar-refractivity contribution in [2.24, 2.45) is 12.8 Å².